The summed E-state index contributed by atoms with van der Waals surface area (Å²) in [6.45, 7) is 1.83. The Morgan fingerprint density at radius 2 is 2.38 bits per heavy atom. The van der Waals surface area contributed by atoms with E-state index in [0.717, 1.165) is 12.1 Å². The lowest BCUT2D eigenvalue weighted by Crippen LogP contribution is -2.22. The highest BCUT2D eigenvalue weighted by molar-refractivity contribution is 6.30. The maximum Gasteiger partial charge on any atom is 0.307 e. The zero-order valence-corrected chi connectivity index (χ0v) is 12.1. The third-order valence-corrected chi connectivity index (χ3v) is 3.88. The van der Waals surface area contributed by atoms with E-state index in [4.69, 9.17) is 21.1 Å². The maximum atomic E-state index is 10.9. The number of rotatable bonds is 4. The molecule has 0 amide bonds. The number of nitrogens with zero attached hydrogens (tertiary/aromatic N) is 2. The number of carboxylic acids is 1. The van der Waals surface area contributed by atoms with Gasteiger partial charge in [-0.2, -0.15) is 0 Å². The highest BCUT2D eigenvalue weighted by atomic mass is 35.5. The second-order valence-electron chi connectivity index (χ2n) is 5.19. The lowest BCUT2D eigenvalue weighted by atomic mass is 10.1. The van der Waals surface area contributed by atoms with Gasteiger partial charge in [0.25, 0.3) is 0 Å². The average molecular weight is 307 g/mol. The molecule has 1 aliphatic rings. The molecule has 1 atom stereocenters. The molecule has 1 fully saturated rings. The van der Waals surface area contributed by atoms with Gasteiger partial charge in [0.2, 0.25) is 5.89 Å². The molecule has 0 saturated carbocycles. The second kappa shape index (κ2) is 5.87. The predicted molar refractivity (Wildman–Crippen MR) is 78.0 cm³/mol. The lowest BCUT2D eigenvalue weighted by Gasteiger charge is -2.11. The maximum absolute atomic E-state index is 10.9. The van der Waals surface area contributed by atoms with Crippen LogP contribution in [0.25, 0.3) is 11.3 Å². The normalized spacial score (nSPS) is 19.0. The summed E-state index contributed by atoms with van der Waals surface area (Å²) in [4.78, 5) is 17.2. The molecule has 0 radical (unpaired) electrons. The number of aliphatic carboxylic acids is 1. The van der Waals surface area contributed by atoms with Crippen molar-refractivity contribution in [2.75, 3.05) is 13.1 Å². The fraction of sp³-hybridized carbons (Fsp3) is 0.333. The van der Waals surface area contributed by atoms with Crippen LogP contribution in [0.4, 0.5) is 0 Å². The zero-order valence-electron chi connectivity index (χ0n) is 11.3. The first kappa shape index (κ1) is 14.1. The Bertz CT molecular complexity index is 656. The summed E-state index contributed by atoms with van der Waals surface area (Å²) in [6, 6.07) is 7.39. The molecule has 6 heteroatoms. The lowest BCUT2D eigenvalue weighted by molar-refractivity contribution is -0.141. The molecule has 1 unspecified atom stereocenters. The molecule has 1 saturated heterocycles. The first-order valence-electron chi connectivity index (χ1n) is 6.77. The van der Waals surface area contributed by atoms with Crippen LogP contribution in [0.5, 0.6) is 0 Å². The number of aromatic nitrogens is 1. The van der Waals surface area contributed by atoms with Gasteiger partial charge in [0.1, 0.15) is 0 Å². The van der Waals surface area contributed by atoms with Crippen molar-refractivity contribution in [3.63, 3.8) is 0 Å². The molecular formula is C15H15ClN2O3. The SMILES string of the molecule is O=C(O)C1CCN(Cc2ncc(-c3cccc(Cl)c3)o2)C1. The van der Waals surface area contributed by atoms with Crippen LogP contribution in [-0.4, -0.2) is 34.0 Å². The van der Waals surface area contributed by atoms with Gasteiger partial charge in [0, 0.05) is 17.1 Å². The molecule has 1 N–H and O–H groups in total. The summed E-state index contributed by atoms with van der Waals surface area (Å²) in [7, 11) is 0. The molecule has 0 spiro atoms. The monoisotopic (exact) mass is 306 g/mol. The minimum atomic E-state index is -0.732. The molecular weight excluding hydrogens is 292 g/mol. The highest BCUT2D eigenvalue weighted by Gasteiger charge is 2.28. The molecule has 21 heavy (non-hydrogen) atoms. The molecule has 0 aliphatic carbocycles. The molecule has 2 heterocycles. The molecule has 1 aliphatic heterocycles. The fourth-order valence-corrected chi connectivity index (χ4v) is 2.72. The van der Waals surface area contributed by atoms with Crippen LogP contribution >= 0.6 is 11.6 Å². The highest BCUT2D eigenvalue weighted by Crippen LogP contribution is 2.25. The third-order valence-electron chi connectivity index (χ3n) is 3.64. The van der Waals surface area contributed by atoms with Gasteiger partial charge in [0.05, 0.1) is 18.7 Å². The number of hydrogen-bond donors (Lipinski definition) is 1. The molecule has 3 rings (SSSR count). The summed E-state index contributed by atoms with van der Waals surface area (Å²) in [5.74, 6) is 0.245. The number of benzene rings is 1. The minimum Gasteiger partial charge on any atom is -0.481 e. The number of halogens is 1. The van der Waals surface area contributed by atoms with Crippen molar-refractivity contribution < 1.29 is 14.3 Å². The Morgan fingerprint density at radius 1 is 1.52 bits per heavy atom. The Morgan fingerprint density at radius 3 is 3.10 bits per heavy atom. The van der Waals surface area contributed by atoms with E-state index in [-0.39, 0.29) is 5.92 Å². The van der Waals surface area contributed by atoms with E-state index >= 15 is 0 Å². The van der Waals surface area contributed by atoms with Crippen LogP contribution in [0.1, 0.15) is 12.3 Å². The van der Waals surface area contributed by atoms with Crippen molar-refractivity contribution >= 4 is 17.6 Å². The molecule has 110 valence electrons. The van der Waals surface area contributed by atoms with Crippen LogP contribution in [0, 0.1) is 5.92 Å². The van der Waals surface area contributed by atoms with Crippen molar-refractivity contribution in [3.8, 4) is 11.3 Å². The first-order valence-corrected chi connectivity index (χ1v) is 7.15. The molecule has 1 aromatic heterocycles. The van der Waals surface area contributed by atoms with E-state index in [0.29, 0.717) is 36.2 Å². The van der Waals surface area contributed by atoms with E-state index in [9.17, 15) is 4.79 Å². The van der Waals surface area contributed by atoms with Crippen LogP contribution < -0.4 is 0 Å². The van der Waals surface area contributed by atoms with E-state index in [1.54, 1.807) is 12.3 Å². The van der Waals surface area contributed by atoms with Crippen molar-refractivity contribution in [3.05, 3.63) is 41.4 Å². The van der Waals surface area contributed by atoms with Crippen molar-refractivity contribution in [2.45, 2.75) is 13.0 Å². The van der Waals surface area contributed by atoms with E-state index in [1.807, 2.05) is 23.1 Å². The number of hydrogen-bond acceptors (Lipinski definition) is 4. The van der Waals surface area contributed by atoms with Crippen molar-refractivity contribution in [1.82, 2.24) is 9.88 Å². The Hall–Kier alpha value is -1.85. The van der Waals surface area contributed by atoms with Crippen molar-refractivity contribution in [2.24, 2.45) is 5.92 Å². The standard InChI is InChI=1S/C15H15ClN2O3/c16-12-3-1-2-10(6-12)13-7-17-14(21-13)9-18-5-4-11(8-18)15(19)20/h1-3,6-7,11H,4-5,8-9H2,(H,19,20). The third kappa shape index (κ3) is 3.25. The predicted octanol–water partition coefficient (Wildman–Crippen LogP) is 2.90. The van der Waals surface area contributed by atoms with Gasteiger partial charge in [-0.15, -0.1) is 0 Å². The number of carbonyl (C=O) groups is 1. The van der Waals surface area contributed by atoms with Gasteiger partial charge in [-0.05, 0) is 25.1 Å². The van der Waals surface area contributed by atoms with Crippen LogP contribution in [0.15, 0.2) is 34.9 Å². The molecule has 1 aromatic carbocycles. The summed E-state index contributed by atoms with van der Waals surface area (Å²) in [5.41, 5.74) is 0.881. The average Bonchev–Trinajstić information content (AvgIpc) is 3.08. The van der Waals surface area contributed by atoms with E-state index in [2.05, 4.69) is 4.98 Å². The fourth-order valence-electron chi connectivity index (χ4n) is 2.53. The minimum absolute atomic E-state index is 0.285. The number of likely N-dealkylation sites (tertiary alicyclic amines) is 1. The Labute approximate surface area is 127 Å². The Kier molecular flexibility index (Phi) is 3.94. The smallest absolute Gasteiger partial charge is 0.307 e. The van der Waals surface area contributed by atoms with E-state index < -0.39 is 5.97 Å². The van der Waals surface area contributed by atoms with Crippen LogP contribution in [-0.2, 0) is 11.3 Å². The molecule has 0 bridgehead atoms. The van der Waals surface area contributed by atoms with Gasteiger partial charge in [-0.3, -0.25) is 9.69 Å². The van der Waals surface area contributed by atoms with Gasteiger partial charge in [-0.1, -0.05) is 23.7 Å². The first-order chi connectivity index (χ1) is 10.1. The van der Waals surface area contributed by atoms with Crippen molar-refractivity contribution in [1.29, 1.82) is 0 Å². The van der Waals surface area contributed by atoms with Gasteiger partial charge in [0.15, 0.2) is 5.76 Å². The topological polar surface area (TPSA) is 66.6 Å². The van der Waals surface area contributed by atoms with Crippen LogP contribution in [0.3, 0.4) is 0 Å². The van der Waals surface area contributed by atoms with Gasteiger partial charge >= 0.3 is 5.97 Å². The summed E-state index contributed by atoms with van der Waals surface area (Å²) in [5, 5.41) is 9.65. The summed E-state index contributed by atoms with van der Waals surface area (Å²) in [6.07, 6.45) is 2.35. The largest absolute Gasteiger partial charge is 0.481 e. The second-order valence-corrected chi connectivity index (χ2v) is 5.62. The van der Waals surface area contributed by atoms with Gasteiger partial charge in [-0.25, -0.2) is 4.98 Å². The summed E-state index contributed by atoms with van der Waals surface area (Å²) < 4.78 is 5.72. The summed E-state index contributed by atoms with van der Waals surface area (Å²) >= 11 is 5.96. The van der Waals surface area contributed by atoms with E-state index in [1.165, 1.54) is 0 Å². The molecule has 5 nitrogen and oxygen atoms in total. The molecule has 2 aromatic rings. The van der Waals surface area contributed by atoms with Gasteiger partial charge < -0.3 is 9.52 Å². The number of carboxylic acid groups (broad SMARTS) is 1. The zero-order chi connectivity index (χ0) is 14.8. The number of oxazole rings is 1. The Balaban J connectivity index is 1.67. The quantitative estimate of drug-likeness (QED) is 0.940. The van der Waals surface area contributed by atoms with Crippen LogP contribution in [0.2, 0.25) is 5.02 Å².